The number of non-ortho nitro benzene ring substituents is 1. The van der Waals surface area contributed by atoms with Crippen LogP contribution >= 0.6 is 23.1 Å². The van der Waals surface area contributed by atoms with Crippen molar-refractivity contribution >= 4 is 50.6 Å². The van der Waals surface area contributed by atoms with Crippen molar-refractivity contribution in [1.82, 2.24) is 9.55 Å². The van der Waals surface area contributed by atoms with Crippen molar-refractivity contribution in [3.8, 4) is 0 Å². The van der Waals surface area contributed by atoms with Crippen LogP contribution in [0.1, 0.15) is 22.4 Å². The quantitative estimate of drug-likeness (QED) is 0.457. The van der Waals surface area contributed by atoms with Gasteiger partial charge < -0.3 is 4.90 Å². The van der Waals surface area contributed by atoms with Gasteiger partial charge in [0.2, 0.25) is 5.91 Å². The number of fused-ring (bicyclic) bond motifs is 4. The summed E-state index contributed by atoms with van der Waals surface area (Å²) in [6.07, 6.45) is 3.72. The molecule has 0 N–H and O–H groups in total. The van der Waals surface area contributed by atoms with Gasteiger partial charge in [-0.1, -0.05) is 0 Å². The van der Waals surface area contributed by atoms with Crippen LogP contribution in [0.2, 0.25) is 0 Å². The second-order valence-corrected chi connectivity index (χ2v) is 9.57. The van der Waals surface area contributed by atoms with Crippen LogP contribution in [0.5, 0.6) is 0 Å². The maximum absolute atomic E-state index is 13.1. The van der Waals surface area contributed by atoms with Gasteiger partial charge in [0.25, 0.3) is 11.2 Å². The topological polar surface area (TPSA) is 98.3 Å². The van der Waals surface area contributed by atoms with Crippen LogP contribution in [0, 0.1) is 10.1 Å². The molecule has 5 rings (SSSR count). The summed E-state index contributed by atoms with van der Waals surface area (Å²) < 4.78 is 1.39. The molecule has 1 aromatic carbocycles. The van der Waals surface area contributed by atoms with Crippen molar-refractivity contribution in [3.05, 3.63) is 61.0 Å². The zero-order chi connectivity index (χ0) is 20.8. The fourth-order valence-corrected chi connectivity index (χ4v) is 6.46. The number of amides is 1. The highest BCUT2D eigenvalue weighted by Crippen LogP contribution is 2.35. The SMILES string of the molecule is O=C(Cn1cnc2sc3c(c2c1=O)CCSC3)N1CCCc2cc([N+](=O)[O-])ccc21. The Morgan fingerprint density at radius 2 is 2.17 bits per heavy atom. The molecular formula is C20H18N4O4S2. The number of hydrogen-bond acceptors (Lipinski definition) is 7. The van der Waals surface area contributed by atoms with Crippen LogP contribution in [0.25, 0.3) is 10.2 Å². The Morgan fingerprint density at radius 1 is 1.30 bits per heavy atom. The molecule has 0 radical (unpaired) electrons. The van der Waals surface area contributed by atoms with Crippen molar-refractivity contribution in [3.63, 3.8) is 0 Å². The molecular weight excluding hydrogens is 424 g/mol. The van der Waals surface area contributed by atoms with Crippen molar-refractivity contribution in [2.24, 2.45) is 0 Å². The van der Waals surface area contributed by atoms with Crippen LogP contribution in [0.3, 0.4) is 0 Å². The second kappa shape index (κ2) is 7.51. The maximum atomic E-state index is 13.1. The molecule has 0 unspecified atom stereocenters. The molecule has 0 atom stereocenters. The van der Waals surface area contributed by atoms with Gasteiger partial charge in [0.15, 0.2) is 0 Å². The number of nitro groups is 1. The van der Waals surface area contributed by atoms with Crippen LogP contribution < -0.4 is 10.5 Å². The van der Waals surface area contributed by atoms with Gasteiger partial charge in [-0.15, -0.1) is 11.3 Å². The number of carbonyl (C=O) groups is 1. The van der Waals surface area contributed by atoms with Crippen LogP contribution in [0.4, 0.5) is 11.4 Å². The minimum absolute atomic E-state index is 0.0225. The molecule has 3 aromatic rings. The molecule has 0 saturated carbocycles. The Kier molecular flexibility index (Phi) is 4.82. The summed E-state index contributed by atoms with van der Waals surface area (Å²) >= 11 is 3.43. The number of nitrogens with zero attached hydrogens (tertiary/aromatic N) is 4. The Morgan fingerprint density at radius 3 is 3.00 bits per heavy atom. The van der Waals surface area contributed by atoms with E-state index in [9.17, 15) is 19.7 Å². The Bertz CT molecular complexity index is 1250. The zero-order valence-electron chi connectivity index (χ0n) is 16.0. The van der Waals surface area contributed by atoms with E-state index in [0.717, 1.165) is 40.3 Å². The Balaban J connectivity index is 1.47. The number of thiophene rings is 1. The van der Waals surface area contributed by atoms with E-state index in [1.165, 1.54) is 27.9 Å². The van der Waals surface area contributed by atoms with Gasteiger partial charge in [-0.25, -0.2) is 4.98 Å². The number of hydrogen-bond donors (Lipinski definition) is 0. The number of carbonyl (C=O) groups excluding carboxylic acids is 1. The first-order valence-electron chi connectivity index (χ1n) is 9.68. The number of benzene rings is 1. The van der Waals surface area contributed by atoms with Crippen molar-refractivity contribution in [1.29, 1.82) is 0 Å². The molecule has 1 amide bonds. The second-order valence-electron chi connectivity index (χ2n) is 7.38. The monoisotopic (exact) mass is 442 g/mol. The van der Waals surface area contributed by atoms with E-state index < -0.39 is 4.92 Å². The summed E-state index contributed by atoms with van der Waals surface area (Å²) in [6, 6.07) is 4.58. The number of aryl methyl sites for hydroxylation is 2. The molecule has 2 aliphatic rings. The van der Waals surface area contributed by atoms with Crippen LogP contribution in [-0.4, -0.2) is 32.7 Å². The van der Waals surface area contributed by atoms with Gasteiger partial charge in [-0.3, -0.25) is 24.3 Å². The van der Waals surface area contributed by atoms with Gasteiger partial charge in [0.1, 0.15) is 11.4 Å². The molecule has 0 fully saturated rings. The summed E-state index contributed by atoms with van der Waals surface area (Å²) in [5, 5.41) is 11.7. The maximum Gasteiger partial charge on any atom is 0.269 e. The van der Waals surface area contributed by atoms with E-state index in [4.69, 9.17) is 0 Å². The predicted octanol–water partition coefficient (Wildman–Crippen LogP) is 3.13. The first kappa shape index (κ1) is 19.3. The number of thioether (sulfide) groups is 1. The lowest BCUT2D eigenvalue weighted by molar-refractivity contribution is -0.384. The van der Waals surface area contributed by atoms with E-state index in [-0.39, 0.29) is 23.7 Å². The summed E-state index contributed by atoms with van der Waals surface area (Å²) in [5.41, 5.74) is 2.41. The zero-order valence-corrected chi connectivity index (χ0v) is 17.6. The molecule has 10 heteroatoms. The molecule has 2 aromatic heterocycles. The van der Waals surface area contributed by atoms with E-state index in [2.05, 4.69) is 4.98 Å². The summed E-state index contributed by atoms with van der Waals surface area (Å²) in [7, 11) is 0. The number of aromatic nitrogens is 2. The normalized spacial score (nSPS) is 15.7. The van der Waals surface area contributed by atoms with Crippen molar-refractivity contribution < 1.29 is 9.72 Å². The highest BCUT2D eigenvalue weighted by Gasteiger charge is 2.26. The molecule has 30 heavy (non-hydrogen) atoms. The third-order valence-electron chi connectivity index (χ3n) is 5.59. The fourth-order valence-electron chi connectivity index (χ4n) is 4.15. The average molecular weight is 443 g/mol. The van der Waals surface area contributed by atoms with Gasteiger partial charge in [-0.2, -0.15) is 11.8 Å². The standard InChI is InChI=1S/C20H18N4O4S2/c25-17(23-6-1-2-12-8-13(24(27)28)3-4-15(12)23)9-22-11-21-19-18(20(22)26)14-5-7-29-10-16(14)30-19/h3-4,8,11H,1-2,5-7,9-10H2. The van der Waals surface area contributed by atoms with E-state index in [1.54, 1.807) is 22.3 Å². The van der Waals surface area contributed by atoms with Gasteiger partial charge in [0, 0.05) is 35.0 Å². The van der Waals surface area contributed by atoms with Gasteiger partial charge >= 0.3 is 0 Å². The van der Waals surface area contributed by atoms with E-state index in [0.29, 0.717) is 24.0 Å². The molecule has 8 nitrogen and oxygen atoms in total. The number of nitro benzene ring substituents is 1. The first-order valence-corrected chi connectivity index (χ1v) is 11.6. The minimum Gasteiger partial charge on any atom is -0.311 e. The molecule has 4 heterocycles. The lowest BCUT2D eigenvalue weighted by Gasteiger charge is -2.29. The third-order valence-corrected chi connectivity index (χ3v) is 7.90. The van der Waals surface area contributed by atoms with Gasteiger partial charge in [0.05, 0.1) is 16.6 Å². The highest BCUT2D eigenvalue weighted by molar-refractivity contribution is 7.98. The third kappa shape index (κ3) is 3.20. The smallest absolute Gasteiger partial charge is 0.269 e. The summed E-state index contributed by atoms with van der Waals surface area (Å²) in [6.45, 7) is 0.427. The molecule has 0 spiro atoms. The summed E-state index contributed by atoms with van der Waals surface area (Å²) in [5.74, 6) is 1.68. The lowest BCUT2D eigenvalue weighted by Crippen LogP contribution is -2.39. The lowest BCUT2D eigenvalue weighted by atomic mass is 10.0. The van der Waals surface area contributed by atoms with Crippen molar-refractivity contribution in [2.45, 2.75) is 31.6 Å². The highest BCUT2D eigenvalue weighted by atomic mass is 32.2. The molecule has 154 valence electrons. The van der Waals surface area contributed by atoms with E-state index in [1.807, 2.05) is 11.8 Å². The van der Waals surface area contributed by atoms with E-state index >= 15 is 0 Å². The van der Waals surface area contributed by atoms with Gasteiger partial charge in [-0.05, 0) is 42.2 Å². The molecule has 0 bridgehead atoms. The van der Waals surface area contributed by atoms with Crippen molar-refractivity contribution in [2.75, 3.05) is 17.2 Å². The molecule has 2 aliphatic heterocycles. The average Bonchev–Trinajstić information content (AvgIpc) is 3.14. The number of rotatable bonds is 3. The van der Waals surface area contributed by atoms with Crippen LogP contribution in [-0.2, 0) is 29.9 Å². The fraction of sp³-hybridized carbons (Fsp3) is 0.350. The molecule has 0 saturated heterocycles. The Hall–Kier alpha value is -2.72. The Labute approximate surface area is 179 Å². The summed E-state index contributed by atoms with van der Waals surface area (Å²) in [4.78, 5) is 44.8. The largest absolute Gasteiger partial charge is 0.311 e. The predicted molar refractivity (Wildman–Crippen MR) is 118 cm³/mol. The molecule has 0 aliphatic carbocycles. The first-order chi connectivity index (χ1) is 14.5. The van der Waals surface area contributed by atoms with Crippen LogP contribution in [0.15, 0.2) is 29.3 Å². The minimum atomic E-state index is -0.429. The number of anilines is 1.